The monoisotopic (exact) mass is 338 g/mol. The lowest BCUT2D eigenvalue weighted by Gasteiger charge is -2.34. The average Bonchev–Trinajstić information content (AvgIpc) is 3.41. The zero-order chi connectivity index (χ0) is 17.2. The molecule has 0 radical (unpaired) electrons. The SMILES string of the molecule is CCN1CCC[C@@H]1[C@@H]1CCCN1C(=O)c1ccn(-c2ccccc2)n1. The van der Waals surface area contributed by atoms with Gasteiger partial charge in [-0.25, -0.2) is 4.68 Å². The molecule has 1 amide bonds. The van der Waals surface area contributed by atoms with Gasteiger partial charge in [0.25, 0.3) is 5.91 Å². The summed E-state index contributed by atoms with van der Waals surface area (Å²) in [5, 5.41) is 4.54. The Morgan fingerprint density at radius 1 is 1.08 bits per heavy atom. The van der Waals surface area contributed by atoms with Gasteiger partial charge >= 0.3 is 0 Å². The van der Waals surface area contributed by atoms with Gasteiger partial charge in [-0.15, -0.1) is 0 Å². The van der Waals surface area contributed by atoms with Crippen LogP contribution in [0.1, 0.15) is 43.1 Å². The largest absolute Gasteiger partial charge is 0.333 e. The molecule has 1 aromatic carbocycles. The van der Waals surface area contributed by atoms with Crippen molar-refractivity contribution < 1.29 is 4.79 Å². The van der Waals surface area contributed by atoms with E-state index < -0.39 is 0 Å². The van der Waals surface area contributed by atoms with Crippen LogP contribution in [-0.2, 0) is 0 Å². The molecule has 5 nitrogen and oxygen atoms in total. The Kier molecular flexibility index (Phi) is 4.57. The lowest BCUT2D eigenvalue weighted by atomic mass is 10.0. The van der Waals surface area contributed by atoms with Crippen LogP contribution in [0.5, 0.6) is 0 Å². The van der Waals surface area contributed by atoms with Crippen LogP contribution in [0.15, 0.2) is 42.6 Å². The quantitative estimate of drug-likeness (QED) is 0.861. The van der Waals surface area contributed by atoms with E-state index in [-0.39, 0.29) is 5.91 Å². The first kappa shape index (κ1) is 16.3. The third-order valence-corrected chi connectivity index (χ3v) is 5.65. The van der Waals surface area contributed by atoms with Gasteiger partial charge in [-0.3, -0.25) is 9.69 Å². The maximum absolute atomic E-state index is 13.1. The van der Waals surface area contributed by atoms with E-state index in [9.17, 15) is 4.79 Å². The Hall–Kier alpha value is -2.14. The topological polar surface area (TPSA) is 41.4 Å². The van der Waals surface area contributed by atoms with Crippen molar-refractivity contribution in [1.29, 1.82) is 0 Å². The second-order valence-corrected chi connectivity index (χ2v) is 7.03. The number of likely N-dealkylation sites (tertiary alicyclic amines) is 2. The van der Waals surface area contributed by atoms with Crippen LogP contribution >= 0.6 is 0 Å². The molecule has 0 spiro atoms. The van der Waals surface area contributed by atoms with Gasteiger partial charge in [-0.2, -0.15) is 5.10 Å². The van der Waals surface area contributed by atoms with Gasteiger partial charge in [0.05, 0.1) is 5.69 Å². The van der Waals surface area contributed by atoms with Crippen molar-refractivity contribution in [3.63, 3.8) is 0 Å². The van der Waals surface area contributed by atoms with Gasteiger partial charge in [0.15, 0.2) is 5.69 Å². The molecule has 2 aliphatic rings. The molecule has 1 aromatic heterocycles. The molecule has 0 N–H and O–H groups in total. The molecule has 2 saturated heterocycles. The zero-order valence-electron chi connectivity index (χ0n) is 14.8. The number of aromatic nitrogens is 2. The molecule has 2 atom stereocenters. The molecule has 3 heterocycles. The number of carbonyl (C=O) groups excluding carboxylic acids is 1. The second-order valence-electron chi connectivity index (χ2n) is 7.03. The molecule has 0 saturated carbocycles. The molecule has 132 valence electrons. The fourth-order valence-corrected chi connectivity index (χ4v) is 4.43. The minimum Gasteiger partial charge on any atom is -0.333 e. The van der Waals surface area contributed by atoms with Gasteiger partial charge in [0.1, 0.15) is 0 Å². The summed E-state index contributed by atoms with van der Waals surface area (Å²) in [6.45, 7) is 5.32. The summed E-state index contributed by atoms with van der Waals surface area (Å²) in [5.41, 5.74) is 1.53. The first-order chi connectivity index (χ1) is 12.3. The van der Waals surface area contributed by atoms with Crippen LogP contribution in [0.4, 0.5) is 0 Å². The van der Waals surface area contributed by atoms with E-state index in [0.29, 0.717) is 17.8 Å². The van der Waals surface area contributed by atoms with Crippen molar-refractivity contribution in [1.82, 2.24) is 19.6 Å². The predicted molar refractivity (Wildman–Crippen MR) is 97.9 cm³/mol. The molecule has 2 fully saturated rings. The maximum Gasteiger partial charge on any atom is 0.274 e. The average molecular weight is 338 g/mol. The van der Waals surface area contributed by atoms with E-state index in [0.717, 1.165) is 31.6 Å². The Balaban J connectivity index is 1.53. The minimum atomic E-state index is 0.0835. The van der Waals surface area contributed by atoms with E-state index in [1.54, 1.807) is 4.68 Å². The molecular weight excluding hydrogens is 312 g/mol. The molecule has 2 aliphatic heterocycles. The van der Waals surface area contributed by atoms with Crippen LogP contribution in [-0.4, -0.2) is 57.2 Å². The van der Waals surface area contributed by atoms with Crippen molar-refractivity contribution in [2.45, 2.75) is 44.7 Å². The smallest absolute Gasteiger partial charge is 0.274 e. The summed E-state index contributed by atoms with van der Waals surface area (Å²) in [6.07, 6.45) is 6.55. The van der Waals surface area contributed by atoms with Gasteiger partial charge in [-0.1, -0.05) is 25.1 Å². The number of hydrogen-bond donors (Lipinski definition) is 0. The normalized spacial score (nSPS) is 24.1. The Morgan fingerprint density at radius 2 is 1.84 bits per heavy atom. The highest BCUT2D eigenvalue weighted by molar-refractivity contribution is 5.92. The van der Waals surface area contributed by atoms with E-state index >= 15 is 0 Å². The minimum absolute atomic E-state index is 0.0835. The van der Waals surface area contributed by atoms with Crippen LogP contribution < -0.4 is 0 Å². The lowest BCUT2D eigenvalue weighted by Crippen LogP contribution is -2.48. The number of carbonyl (C=O) groups is 1. The number of rotatable bonds is 4. The summed E-state index contributed by atoms with van der Waals surface area (Å²) in [6, 6.07) is 12.6. The van der Waals surface area contributed by atoms with Gasteiger partial charge in [-0.05, 0) is 57.0 Å². The first-order valence-electron chi connectivity index (χ1n) is 9.44. The van der Waals surface area contributed by atoms with Crippen molar-refractivity contribution in [3.05, 3.63) is 48.3 Å². The molecule has 0 unspecified atom stereocenters. The number of hydrogen-bond acceptors (Lipinski definition) is 3. The standard InChI is InChI=1S/C20H26N4O/c1-2-22-13-6-10-18(22)19-11-7-14-23(19)20(25)17-12-15-24(21-17)16-8-4-3-5-9-16/h3-5,8-9,12,15,18-19H,2,6-7,10-11,13-14H2,1H3/t18-,19+/m1/s1. The highest BCUT2D eigenvalue weighted by atomic mass is 16.2. The van der Waals surface area contributed by atoms with E-state index in [1.165, 1.54) is 19.4 Å². The molecule has 2 aromatic rings. The molecule has 4 rings (SSSR count). The summed E-state index contributed by atoms with van der Waals surface area (Å²) < 4.78 is 1.78. The number of amides is 1. The van der Waals surface area contributed by atoms with Gasteiger partial charge in [0.2, 0.25) is 0 Å². The van der Waals surface area contributed by atoms with E-state index in [4.69, 9.17) is 0 Å². The van der Waals surface area contributed by atoms with Crippen LogP contribution in [0.25, 0.3) is 5.69 Å². The summed E-state index contributed by atoms with van der Waals surface area (Å²) in [7, 11) is 0. The van der Waals surface area contributed by atoms with Crippen molar-refractivity contribution >= 4 is 5.91 Å². The van der Waals surface area contributed by atoms with Crippen LogP contribution in [0.2, 0.25) is 0 Å². The third-order valence-electron chi connectivity index (χ3n) is 5.65. The Labute approximate surface area is 149 Å². The number of para-hydroxylation sites is 1. The lowest BCUT2D eigenvalue weighted by molar-refractivity contribution is 0.0643. The highest BCUT2D eigenvalue weighted by Gasteiger charge is 2.39. The molecule has 25 heavy (non-hydrogen) atoms. The highest BCUT2D eigenvalue weighted by Crippen LogP contribution is 2.30. The zero-order valence-corrected chi connectivity index (χ0v) is 14.8. The van der Waals surface area contributed by atoms with Crippen molar-refractivity contribution in [2.75, 3.05) is 19.6 Å². The number of nitrogens with zero attached hydrogens (tertiary/aromatic N) is 4. The second kappa shape index (κ2) is 7.00. The fourth-order valence-electron chi connectivity index (χ4n) is 4.43. The van der Waals surface area contributed by atoms with Crippen molar-refractivity contribution in [3.8, 4) is 5.69 Å². The summed E-state index contributed by atoms with van der Waals surface area (Å²) >= 11 is 0. The predicted octanol–water partition coefficient (Wildman–Crippen LogP) is 2.96. The summed E-state index contributed by atoms with van der Waals surface area (Å²) in [5.74, 6) is 0.0835. The Bertz CT molecular complexity index is 726. The van der Waals surface area contributed by atoms with E-state index in [2.05, 4.69) is 21.8 Å². The Morgan fingerprint density at radius 3 is 2.64 bits per heavy atom. The number of likely N-dealkylation sites (N-methyl/N-ethyl adjacent to an activating group) is 1. The third kappa shape index (κ3) is 3.09. The van der Waals surface area contributed by atoms with Crippen molar-refractivity contribution in [2.24, 2.45) is 0 Å². The van der Waals surface area contributed by atoms with Gasteiger partial charge < -0.3 is 4.90 Å². The van der Waals surface area contributed by atoms with E-state index in [1.807, 2.05) is 42.6 Å². The summed E-state index contributed by atoms with van der Waals surface area (Å²) in [4.78, 5) is 17.7. The maximum atomic E-state index is 13.1. The molecule has 5 heteroatoms. The molecule has 0 bridgehead atoms. The fraction of sp³-hybridized carbons (Fsp3) is 0.500. The molecular formula is C20H26N4O. The van der Waals surface area contributed by atoms with Gasteiger partial charge in [0, 0.05) is 24.8 Å². The van der Waals surface area contributed by atoms with Crippen LogP contribution in [0.3, 0.4) is 0 Å². The molecule has 0 aliphatic carbocycles. The number of benzene rings is 1. The van der Waals surface area contributed by atoms with Crippen LogP contribution in [0, 0.1) is 0 Å². The first-order valence-corrected chi connectivity index (χ1v) is 9.44.